The molecule has 1 aliphatic rings. The van der Waals surface area contributed by atoms with Crippen LogP contribution in [0.5, 0.6) is 0 Å². The quantitative estimate of drug-likeness (QED) is 0.847. The normalized spacial score (nSPS) is 16.4. The van der Waals surface area contributed by atoms with E-state index in [1.807, 2.05) is 32.0 Å². The van der Waals surface area contributed by atoms with Gasteiger partial charge in [0.1, 0.15) is 11.9 Å². The number of thioether (sulfide) groups is 1. The van der Waals surface area contributed by atoms with Gasteiger partial charge in [-0.05, 0) is 61.2 Å². The number of aryl methyl sites for hydroxylation is 3. The molecule has 0 aromatic heterocycles. The molecule has 2 aromatic carbocycles. The molecule has 0 saturated carbocycles. The van der Waals surface area contributed by atoms with Gasteiger partial charge in [-0.2, -0.15) is 0 Å². The molecule has 1 N–H and O–H groups in total. The Morgan fingerprint density at radius 2 is 1.89 bits per heavy atom. The van der Waals surface area contributed by atoms with Crippen molar-refractivity contribution >= 4 is 29.3 Å². The molecule has 1 aliphatic heterocycles. The van der Waals surface area contributed by atoms with Crippen molar-refractivity contribution in [1.82, 2.24) is 4.90 Å². The third-order valence-corrected chi connectivity index (χ3v) is 5.83. The van der Waals surface area contributed by atoms with Gasteiger partial charge in [-0.15, -0.1) is 11.8 Å². The first-order valence-corrected chi connectivity index (χ1v) is 10.1. The highest BCUT2D eigenvalue weighted by Gasteiger charge is 2.34. The molecule has 2 amide bonds. The van der Waals surface area contributed by atoms with Gasteiger partial charge in [-0.3, -0.25) is 9.59 Å². The van der Waals surface area contributed by atoms with E-state index >= 15 is 0 Å². The molecule has 1 saturated heterocycles. The first-order chi connectivity index (χ1) is 12.9. The van der Waals surface area contributed by atoms with Crippen LogP contribution < -0.4 is 5.32 Å². The number of amides is 2. The molecule has 1 fully saturated rings. The topological polar surface area (TPSA) is 49.4 Å². The summed E-state index contributed by atoms with van der Waals surface area (Å²) in [5.41, 5.74) is 3.94. The van der Waals surface area contributed by atoms with Gasteiger partial charge in [-0.1, -0.05) is 18.2 Å². The highest BCUT2D eigenvalue weighted by molar-refractivity contribution is 7.99. The highest BCUT2D eigenvalue weighted by Crippen LogP contribution is 2.24. The van der Waals surface area contributed by atoms with Crippen LogP contribution in [0, 0.1) is 19.7 Å². The molecule has 2 aromatic rings. The zero-order valence-corrected chi connectivity index (χ0v) is 16.3. The number of carbonyl (C=O) groups excluding carboxylic acids is 2. The molecule has 3 rings (SSSR count). The van der Waals surface area contributed by atoms with Gasteiger partial charge in [0.05, 0.1) is 5.88 Å². The molecule has 142 valence electrons. The molecule has 6 heteroatoms. The van der Waals surface area contributed by atoms with Crippen LogP contribution in [0.1, 0.15) is 23.1 Å². The molecule has 1 unspecified atom stereocenters. The van der Waals surface area contributed by atoms with Crippen LogP contribution in [0.25, 0.3) is 0 Å². The number of benzene rings is 2. The number of hydrogen-bond acceptors (Lipinski definition) is 3. The van der Waals surface area contributed by atoms with Crippen molar-refractivity contribution in [1.29, 1.82) is 0 Å². The zero-order valence-electron chi connectivity index (χ0n) is 15.5. The summed E-state index contributed by atoms with van der Waals surface area (Å²) in [6.07, 6.45) is 0.839. The summed E-state index contributed by atoms with van der Waals surface area (Å²) >= 11 is 1.58. The van der Waals surface area contributed by atoms with Crippen LogP contribution in [0.3, 0.4) is 0 Å². The standard InChI is InChI=1S/C21H23FN2O2S/c1-14-3-9-18(11-15(14)2)23-21(26)19-12-27-13-24(19)20(25)10-6-16-4-7-17(22)8-5-16/h3-5,7-9,11,19H,6,10,12-13H2,1-2H3,(H,23,26). The van der Waals surface area contributed by atoms with Crippen LogP contribution in [0.15, 0.2) is 42.5 Å². The van der Waals surface area contributed by atoms with Crippen molar-refractivity contribution in [3.05, 3.63) is 65.0 Å². The van der Waals surface area contributed by atoms with E-state index in [1.54, 1.807) is 28.8 Å². The Morgan fingerprint density at radius 1 is 1.15 bits per heavy atom. The van der Waals surface area contributed by atoms with E-state index in [0.717, 1.165) is 16.8 Å². The van der Waals surface area contributed by atoms with E-state index < -0.39 is 6.04 Å². The molecule has 1 atom stereocenters. The number of hydrogen-bond donors (Lipinski definition) is 1. The lowest BCUT2D eigenvalue weighted by Gasteiger charge is -2.23. The third-order valence-electron chi connectivity index (χ3n) is 4.82. The minimum Gasteiger partial charge on any atom is -0.324 e. The fraction of sp³-hybridized carbons (Fsp3) is 0.333. The maximum absolute atomic E-state index is 13.0. The zero-order chi connectivity index (χ0) is 19.4. The molecule has 0 radical (unpaired) electrons. The number of halogens is 1. The van der Waals surface area contributed by atoms with Gasteiger partial charge in [0.25, 0.3) is 0 Å². The van der Waals surface area contributed by atoms with E-state index in [-0.39, 0.29) is 17.6 Å². The molecule has 0 aliphatic carbocycles. The monoisotopic (exact) mass is 386 g/mol. The van der Waals surface area contributed by atoms with Crippen LogP contribution in [-0.4, -0.2) is 34.4 Å². The van der Waals surface area contributed by atoms with E-state index in [4.69, 9.17) is 0 Å². The minimum atomic E-state index is -0.461. The fourth-order valence-corrected chi connectivity index (χ4v) is 4.18. The number of rotatable bonds is 5. The molecule has 4 nitrogen and oxygen atoms in total. The lowest BCUT2D eigenvalue weighted by molar-refractivity contribution is -0.136. The van der Waals surface area contributed by atoms with Crippen molar-refractivity contribution in [3.8, 4) is 0 Å². The van der Waals surface area contributed by atoms with Gasteiger partial charge in [0.15, 0.2) is 0 Å². The summed E-state index contributed by atoms with van der Waals surface area (Å²) < 4.78 is 13.0. The van der Waals surface area contributed by atoms with Crippen molar-refractivity contribution in [2.75, 3.05) is 16.9 Å². The predicted molar refractivity (Wildman–Crippen MR) is 107 cm³/mol. The van der Waals surface area contributed by atoms with Crippen molar-refractivity contribution in [2.24, 2.45) is 0 Å². The first kappa shape index (κ1) is 19.4. The van der Waals surface area contributed by atoms with Gasteiger partial charge in [0, 0.05) is 17.9 Å². The predicted octanol–water partition coefficient (Wildman–Crippen LogP) is 3.92. The smallest absolute Gasteiger partial charge is 0.248 e. The van der Waals surface area contributed by atoms with Gasteiger partial charge >= 0.3 is 0 Å². The summed E-state index contributed by atoms with van der Waals surface area (Å²) in [5.74, 6) is 0.624. The second-order valence-electron chi connectivity index (χ2n) is 6.79. The Bertz CT molecular complexity index is 839. The fourth-order valence-electron chi connectivity index (χ4n) is 3.00. The lowest BCUT2D eigenvalue weighted by Crippen LogP contribution is -2.44. The Hall–Kier alpha value is -2.34. The Kier molecular flexibility index (Phi) is 6.16. The molecule has 0 bridgehead atoms. The molecule has 27 heavy (non-hydrogen) atoms. The summed E-state index contributed by atoms with van der Waals surface area (Å²) in [6, 6.07) is 11.5. The third kappa shape index (κ3) is 4.89. The molecule has 0 spiro atoms. The summed E-state index contributed by atoms with van der Waals surface area (Å²) in [6.45, 7) is 4.03. The van der Waals surface area contributed by atoms with Gasteiger partial charge in [-0.25, -0.2) is 4.39 Å². The molecular formula is C21H23FN2O2S. The summed E-state index contributed by atoms with van der Waals surface area (Å²) in [7, 11) is 0. The second-order valence-corrected chi connectivity index (χ2v) is 7.79. The van der Waals surface area contributed by atoms with E-state index in [1.165, 1.54) is 17.7 Å². The van der Waals surface area contributed by atoms with Crippen LogP contribution in [-0.2, 0) is 16.0 Å². The largest absolute Gasteiger partial charge is 0.324 e. The second kappa shape index (κ2) is 8.57. The minimum absolute atomic E-state index is 0.0513. The maximum atomic E-state index is 13.0. The van der Waals surface area contributed by atoms with Crippen LogP contribution in [0.2, 0.25) is 0 Å². The average Bonchev–Trinajstić information content (AvgIpc) is 3.14. The van der Waals surface area contributed by atoms with E-state index in [2.05, 4.69) is 5.32 Å². The van der Waals surface area contributed by atoms with Crippen LogP contribution in [0.4, 0.5) is 10.1 Å². The van der Waals surface area contributed by atoms with E-state index in [0.29, 0.717) is 24.5 Å². The van der Waals surface area contributed by atoms with Crippen LogP contribution >= 0.6 is 11.8 Å². The first-order valence-electron chi connectivity index (χ1n) is 8.94. The Balaban J connectivity index is 1.59. The number of nitrogens with one attached hydrogen (secondary N) is 1. The number of nitrogens with zero attached hydrogens (tertiary/aromatic N) is 1. The van der Waals surface area contributed by atoms with Crippen molar-refractivity contribution < 1.29 is 14.0 Å². The summed E-state index contributed by atoms with van der Waals surface area (Å²) in [5, 5.41) is 2.93. The maximum Gasteiger partial charge on any atom is 0.248 e. The Morgan fingerprint density at radius 3 is 2.59 bits per heavy atom. The molecule has 1 heterocycles. The average molecular weight is 386 g/mol. The van der Waals surface area contributed by atoms with Gasteiger partial charge in [0.2, 0.25) is 11.8 Å². The van der Waals surface area contributed by atoms with Crippen molar-refractivity contribution in [2.45, 2.75) is 32.7 Å². The van der Waals surface area contributed by atoms with Gasteiger partial charge < -0.3 is 10.2 Å². The summed E-state index contributed by atoms with van der Waals surface area (Å²) in [4.78, 5) is 26.9. The molecular weight excluding hydrogens is 363 g/mol. The SMILES string of the molecule is Cc1ccc(NC(=O)C2CSCN2C(=O)CCc2ccc(F)cc2)cc1C. The highest BCUT2D eigenvalue weighted by atomic mass is 32.2. The number of carbonyl (C=O) groups is 2. The number of anilines is 1. The lowest BCUT2D eigenvalue weighted by atomic mass is 10.1. The van der Waals surface area contributed by atoms with Crippen molar-refractivity contribution in [3.63, 3.8) is 0 Å². The van der Waals surface area contributed by atoms with E-state index in [9.17, 15) is 14.0 Å². The Labute approximate surface area is 163 Å².